The van der Waals surface area contributed by atoms with Crippen molar-refractivity contribution in [2.24, 2.45) is 0 Å². The van der Waals surface area contributed by atoms with Gasteiger partial charge in [-0.2, -0.15) is 13.2 Å². The van der Waals surface area contributed by atoms with Crippen LogP contribution in [0.2, 0.25) is 0 Å². The maximum atomic E-state index is 11.8. The Morgan fingerprint density at radius 2 is 2.11 bits per heavy atom. The number of thioether (sulfide) groups is 1. The standard InChI is InChI=1S/C11H13F3N2OS/c1-7-2-3-8(9(15)6-7)10(17)16-4-5-18-11(12,13)14/h2-3,6H,4-5,15H2,1H3,(H,16,17). The maximum Gasteiger partial charge on any atom is 0.441 e. The zero-order valence-corrected chi connectivity index (χ0v) is 10.5. The van der Waals surface area contributed by atoms with Crippen LogP contribution in [0.25, 0.3) is 0 Å². The molecule has 0 aromatic heterocycles. The molecule has 0 aliphatic rings. The SMILES string of the molecule is Cc1ccc(C(=O)NCCSC(F)(F)F)c(N)c1. The number of amides is 1. The lowest BCUT2D eigenvalue weighted by molar-refractivity contribution is -0.0327. The predicted octanol–water partition coefficient (Wildman–Crippen LogP) is 2.56. The Morgan fingerprint density at radius 3 is 2.67 bits per heavy atom. The number of nitrogens with one attached hydrogen (secondary N) is 1. The van der Waals surface area contributed by atoms with E-state index in [1.807, 2.05) is 6.92 Å². The molecule has 3 N–H and O–H groups in total. The van der Waals surface area contributed by atoms with Gasteiger partial charge in [-0.05, 0) is 36.4 Å². The second kappa shape index (κ2) is 5.99. The summed E-state index contributed by atoms with van der Waals surface area (Å²) in [5.41, 5.74) is 2.88. The molecule has 1 aromatic rings. The van der Waals surface area contributed by atoms with Crippen LogP contribution in [0.5, 0.6) is 0 Å². The topological polar surface area (TPSA) is 55.1 Å². The van der Waals surface area contributed by atoms with E-state index in [9.17, 15) is 18.0 Å². The molecular formula is C11H13F3N2OS. The quantitative estimate of drug-likeness (QED) is 0.657. The molecule has 3 nitrogen and oxygen atoms in total. The Labute approximate surface area is 107 Å². The van der Waals surface area contributed by atoms with Gasteiger partial charge in [-0.25, -0.2) is 0 Å². The molecule has 0 aliphatic carbocycles. The van der Waals surface area contributed by atoms with Crippen molar-refractivity contribution in [3.63, 3.8) is 0 Å². The highest BCUT2D eigenvalue weighted by Gasteiger charge is 2.27. The molecule has 0 radical (unpaired) electrons. The normalized spacial score (nSPS) is 11.3. The van der Waals surface area contributed by atoms with E-state index >= 15 is 0 Å². The number of rotatable bonds is 4. The zero-order chi connectivity index (χ0) is 13.8. The molecular weight excluding hydrogens is 265 g/mol. The third kappa shape index (κ3) is 4.87. The van der Waals surface area contributed by atoms with Gasteiger partial charge in [0, 0.05) is 18.0 Å². The average Bonchev–Trinajstić information content (AvgIpc) is 2.22. The number of carbonyl (C=O) groups is 1. The molecule has 0 unspecified atom stereocenters. The van der Waals surface area contributed by atoms with Crippen molar-refractivity contribution >= 4 is 23.4 Å². The van der Waals surface area contributed by atoms with E-state index in [1.54, 1.807) is 18.2 Å². The number of nitrogens with two attached hydrogens (primary N) is 1. The third-order valence-corrected chi connectivity index (χ3v) is 2.84. The van der Waals surface area contributed by atoms with E-state index in [1.165, 1.54) is 0 Å². The van der Waals surface area contributed by atoms with Crippen molar-refractivity contribution in [1.29, 1.82) is 0 Å². The molecule has 0 spiro atoms. The maximum absolute atomic E-state index is 11.8. The van der Waals surface area contributed by atoms with Crippen molar-refractivity contribution in [3.05, 3.63) is 29.3 Å². The van der Waals surface area contributed by atoms with Gasteiger partial charge >= 0.3 is 5.51 Å². The van der Waals surface area contributed by atoms with Gasteiger partial charge in [-0.15, -0.1) is 0 Å². The summed E-state index contributed by atoms with van der Waals surface area (Å²) in [7, 11) is 0. The average molecular weight is 278 g/mol. The van der Waals surface area contributed by atoms with Crippen molar-refractivity contribution in [3.8, 4) is 0 Å². The summed E-state index contributed by atoms with van der Waals surface area (Å²) in [6.45, 7) is 1.77. The van der Waals surface area contributed by atoms with Crippen LogP contribution in [-0.2, 0) is 0 Å². The summed E-state index contributed by atoms with van der Waals surface area (Å²) in [5.74, 6) is -0.684. The Balaban J connectivity index is 2.46. The van der Waals surface area contributed by atoms with Gasteiger partial charge in [0.1, 0.15) is 0 Å². The Kier molecular flexibility index (Phi) is 4.89. The number of alkyl halides is 3. The van der Waals surface area contributed by atoms with Crippen LogP contribution in [0.15, 0.2) is 18.2 Å². The number of hydrogen-bond donors (Lipinski definition) is 2. The lowest BCUT2D eigenvalue weighted by atomic mass is 10.1. The second-order valence-electron chi connectivity index (χ2n) is 3.64. The number of anilines is 1. The Morgan fingerprint density at radius 1 is 1.44 bits per heavy atom. The predicted molar refractivity (Wildman–Crippen MR) is 66.4 cm³/mol. The lowest BCUT2D eigenvalue weighted by Gasteiger charge is -2.09. The molecule has 0 aliphatic heterocycles. The molecule has 1 aromatic carbocycles. The first-order chi connectivity index (χ1) is 8.29. The smallest absolute Gasteiger partial charge is 0.398 e. The molecule has 100 valence electrons. The van der Waals surface area contributed by atoms with Gasteiger partial charge in [0.15, 0.2) is 0 Å². The Hall–Kier alpha value is -1.37. The fraction of sp³-hybridized carbons (Fsp3) is 0.364. The number of hydrogen-bond acceptors (Lipinski definition) is 3. The number of halogens is 3. The number of benzene rings is 1. The van der Waals surface area contributed by atoms with Gasteiger partial charge < -0.3 is 11.1 Å². The zero-order valence-electron chi connectivity index (χ0n) is 9.67. The van der Waals surface area contributed by atoms with Gasteiger partial charge in [0.05, 0.1) is 5.56 Å². The number of aryl methyl sites for hydroxylation is 1. The first-order valence-corrected chi connectivity index (χ1v) is 6.13. The van der Waals surface area contributed by atoms with Crippen LogP contribution in [-0.4, -0.2) is 23.7 Å². The molecule has 0 atom stereocenters. The minimum absolute atomic E-state index is 0.0592. The van der Waals surface area contributed by atoms with E-state index in [0.29, 0.717) is 5.69 Å². The van der Waals surface area contributed by atoms with Crippen LogP contribution >= 0.6 is 11.8 Å². The summed E-state index contributed by atoms with van der Waals surface area (Å²) in [6, 6.07) is 4.91. The minimum atomic E-state index is -4.27. The van der Waals surface area contributed by atoms with Crippen LogP contribution in [0.3, 0.4) is 0 Å². The highest BCUT2D eigenvalue weighted by atomic mass is 32.2. The van der Waals surface area contributed by atoms with E-state index in [4.69, 9.17) is 5.73 Å². The molecule has 0 heterocycles. The van der Waals surface area contributed by atoms with Crippen molar-refractivity contribution < 1.29 is 18.0 Å². The van der Waals surface area contributed by atoms with Crippen LogP contribution < -0.4 is 11.1 Å². The van der Waals surface area contributed by atoms with Gasteiger partial charge in [-0.3, -0.25) is 4.79 Å². The first kappa shape index (κ1) is 14.7. The Bertz CT molecular complexity index is 435. The van der Waals surface area contributed by atoms with E-state index in [-0.39, 0.29) is 29.6 Å². The van der Waals surface area contributed by atoms with E-state index in [2.05, 4.69) is 5.32 Å². The first-order valence-electron chi connectivity index (χ1n) is 5.14. The van der Waals surface area contributed by atoms with Gasteiger partial charge in [-0.1, -0.05) is 6.07 Å². The molecule has 7 heteroatoms. The molecule has 1 amide bonds. The lowest BCUT2D eigenvalue weighted by Crippen LogP contribution is -2.27. The van der Waals surface area contributed by atoms with Gasteiger partial charge in [0.25, 0.3) is 5.91 Å². The molecule has 0 saturated carbocycles. The van der Waals surface area contributed by atoms with Crippen LogP contribution in [0.1, 0.15) is 15.9 Å². The number of carbonyl (C=O) groups excluding carboxylic acids is 1. The molecule has 1 rings (SSSR count). The fourth-order valence-electron chi connectivity index (χ4n) is 1.32. The van der Waals surface area contributed by atoms with Crippen molar-refractivity contribution in [2.75, 3.05) is 18.0 Å². The van der Waals surface area contributed by atoms with Crippen molar-refractivity contribution in [2.45, 2.75) is 12.4 Å². The highest BCUT2D eigenvalue weighted by molar-refractivity contribution is 8.00. The van der Waals surface area contributed by atoms with Crippen LogP contribution in [0, 0.1) is 6.92 Å². The van der Waals surface area contributed by atoms with E-state index < -0.39 is 11.4 Å². The molecule has 18 heavy (non-hydrogen) atoms. The minimum Gasteiger partial charge on any atom is -0.398 e. The second-order valence-corrected chi connectivity index (χ2v) is 4.80. The van der Waals surface area contributed by atoms with Gasteiger partial charge in [0.2, 0.25) is 0 Å². The monoisotopic (exact) mass is 278 g/mol. The fourth-order valence-corrected chi connectivity index (χ4v) is 1.75. The summed E-state index contributed by atoms with van der Waals surface area (Å²) in [6.07, 6.45) is 0. The molecule has 0 fully saturated rings. The van der Waals surface area contributed by atoms with Crippen molar-refractivity contribution in [1.82, 2.24) is 5.32 Å². The summed E-state index contributed by atoms with van der Waals surface area (Å²) in [5, 5.41) is 2.39. The molecule has 0 saturated heterocycles. The van der Waals surface area contributed by atoms with Crippen LogP contribution in [0.4, 0.5) is 18.9 Å². The highest BCUT2D eigenvalue weighted by Crippen LogP contribution is 2.29. The summed E-state index contributed by atoms with van der Waals surface area (Å²) >= 11 is -0.169. The summed E-state index contributed by atoms with van der Waals surface area (Å²) < 4.78 is 35.5. The molecule has 0 bridgehead atoms. The summed E-state index contributed by atoms with van der Waals surface area (Å²) in [4.78, 5) is 11.6. The third-order valence-electron chi connectivity index (χ3n) is 2.11. The largest absolute Gasteiger partial charge is 0.441 e. The number of nitrogen functional groups attached to an aromatic ring is 1. The van der Waals surface area contributed by atoms with E-state index in [0.717, 1.165) is 5.56 Å².